The number of nitrogens with one attached hydrogen (secondary N) is 2. The van der Waals surface area contributed by atoms with Crippen molar-refractivity contribution in [2.24, 2.45) is 0 Å². The van der Waals surface area contributed by atoms with E-state index in [4.69, 9.17) is 5.73 Å². The standard InChI is InChI=1S/C11H9BrN4O2/c12-7-2-1-6(5-8(7)13)14-11(18)9-3-4-10(17)16-15-9/h1-5H,13H2,(H,14,18)(H,16,17). The highest BCUT2D eigenvalue weighted by molar-refractivity contribution is 9.10. The summed E-state index contributed by atoms with van der Waals surface area (Å²) in [5, 5.41) is 8.43. The van der Waals surface area contributed by atoms with E-state index in [9.17, 15) is 9.59 Å². The lowest BCUT2D eigenvalue weighted by Crippen LogP contribution is -2.17. The highest BCUT2D eigenvalue weighted by Gasteiger charge is 2.08. The van der Waals surface area contributed by atoms with Crippen molar-refractivity contribution < 1.29 is 4.79 Å². The van der Waals surface area contributed by atoms with Gasteiger partial charge in [-0.25, -0.2) is 5.10 Å². The fourth-order valence-corrected chi connectivity index (χ4v) is 1.53. The summed E-state index contributed by atoms with van der Waals surface area (Å²) in [5.41, 5.74) is 6.52. The van der Waals surface area contributed by atoms with Gasteiger partial charge in [-0.1, -0.05) is 0 Å². The predicted molar refractivity (Wildman–Crippen MR) is 71.4 cm³/mol. The minimum absolute atomic E-state index is 0.121. The van der Waals surface area contributed by atoms with Crippen LogP contribution in [0.25, 0.3) is 0 Å². The molecule has 0 spiro atoms. The number of hydrogen-bond acceptors (Lipinski definition) is 4. The number of nitrogens with two attached hydrogens (primary N) is 1. The minimum Gasteiger partial charge on any atom is -0.398 e. The van der Waals surface area contributed by atoms with Crippen LogP contribution in [-0.2, 0) is 0 Å². The molecule has 0 saturated heterocycles. The molecule has 6 nitrogen and oxygen atoms in total. The molecule has 0 radical (unpaired) electrons. The first-order valence-corrected chi connectivity index (χ1v) is 5.77. The zero-order valence-corrected chi connectivity index (χ0v) is 10.7. The molecule has 0 atom stereocenters. The summed E-state index contributed by atoms with van der Waals surface area (Å²) in [6, 6.07) is 7.62. The number of benzene rings is 1. The smallest absolute Gasteiger partial charge is 0.276 e. The molecule has 18 heavy (non-hydrogen) atoms. The molecule has 2 rings (SSSR count). The lowest BCUT2D eigenvalue weighted by atomic mass is 10.2. The second-order valence-corrected chi connectivity index (χ2v) is 4.35. The summed E-state index contributed by atoms with van der Waals surface area (Å²) >= 11 is 3.26. The van der Waals surface area contributed by atoms with Crippen LogP contribution >= 0.6 is 15.9 Å². The normalized spacial score (nSPS) is 10.1. The largest absolute Gasteiger partial charge is 0.398 e. The zero-order valence-electron chi connectivity index (χ0n) is 9.11. The molecule has 0 aliphatic heterocycles. The third-order valence-electron chi connectivity index (χ3n) is 2.17. The number of aromatic nitrogens is 2. The molecular formula is C11H9BrN4O2. The molecule has 4 N–H and O–H groups in total. The molecule has 0 saturated carbocycles. The van der Waals surface area contributed by atoms with Gasteiger partial charge in [-0.3, -0.25) is 9.59 Å². The van der Waals surface area contributed by atoms with Gasteiger partial charge in [0.1, 0.15) is 5.69 Å². The summed E-state index contributed by atoms with van der Waals surface area (Å²) in [6.07, 6.45) is 0. The number of hydrogen-bond donors (Lipinski definition) is 3. The second-order valence-electron chi connectivity index (χ2n) is 3.50. The van der Waals surface area contributed by atoms with Gasteiger partial charge < -0.3 is 11.1 Å². The molecule has 0 fully saturated rings. The Kier molecular flexibility index (Phi) is 3.42. The molecule has 1 aromatic heterocycles. The van der Waals surface area contributed by atoms with Crippen molar-refractivity contribution in [2.75, 3.05) is 11.1 Å². The zero-order chi connectivity index (χ0) is 13.1. The molecule has 0 aliphatic carbocycles. The van der Waals surface area contributed by atoms with E-state index in [1.807, 2.05) is 0 Å². The highest BCUT2D eigenvalue weighted by Crippen LogP contribution is 2.23. The first-order valence-electron chi connectivity index (χ1n) is 4.98. The number of carbonyl (C=O) groups is 1. The average molecular weight is 309 g/mol. The van der Waals surface area contributed by atoms with Gasteiger partial charge in [0.25, 0.3) is 11.5 Å². The van der Waals surface area contributed by atoms with Crippen molar-refractivity contribution in [3.63, 3.8) is 0 Å². The molecule has 0 unspecified atom stereocenters. The van der Waals surface area contributed by atoms with Crippen molar-refractivity contribution in [2.45, 2.75) is 0 Å². The molecule has 1 aromatic carbocycles. The summed E-state index contributed by atoms with van der Waals surface area (Å²) in [6.45, 7) is 0. The summed E-state index contributed by atoms with van der Waals surface area (Å²) in [5.74, 6) is -0.423. The van der Waals surface area contributed by atoms with Crippen LogP contribution in [0.3, 0.4) is 0 Å². The van der Waals surface area contributed by atoms with E-state index in [-0.39, 0.29) is 11.3 Å². The number of H-pyrrole nitrogens is 1. The quantitative estimate of drug-likeness (QED) is 0.729. The van der Waals surface area contributed by atoms with Crippen LogP contribution in [0.4, 0.5) is 11.4 Å². The van der Waals surface area contributed by atoms with Crippen LogP contribution in [0.1, 0.15) is 10.5 Å². The lowest BCUT2D eigenvalue weighted by molar-refractivity contribution is 0.102. The van der Waals surface area contributed by atoms with Crippen LogP contribution in [0, 0.1) is 0 Å². The van der Waals surface area contributed by atoms with Gasteiger partial charge in [-0.15, -0.1) is 0 Å². The summed E-state index contributed by atoms with van der Waals surface area (Å²) < 4.78 is 0.752. The van der Waals surface area contributed by atoms with Gasteiger partial charge >= 0.3 is 0 Å². The Labute approximate surface area is 110 Å². The van der Waals surface area contributed by atoms with E-state index in [2.05, 4.69) is 31.4 Å². The van der Waals surface area contributed by atoms with Crippen molar-refractivity contribution in [1.29, 1.82) is 0 Å². The lowest BCUT2D eigenvalue weighted by Gasteiger charge is -2.06. The molecule has 1 heterocycles. The number of nitrogens with zero attached hydrogens (tertiary/aromatic N) is 1. The summed E-state index contributed by atoms with van der Waals surface area (Å²) in [7, 11) is 0. The average Bonchev–Trinajstić information content (AvgIpc) is 2.34. The maximum atomic E-state index is 11.8. The first kappa shape index (κ1) is 12.3. The van der Waals surface area contributed by atoms with Crippen LogP contribution < -0.4 is 16.6 Å². The number of nitrogen functional groups attached to an aromatic ring is 1. The van der Waals surface area contributed by atoms with Gasteiger partial charge in [-0.2, -0.15) is 5.10 Å². The van der Waals surface area contributed by atoms with E-state index in [1.54, 1.807) is 18.2 Å². The number of carbonyl (C=O) groups excluding carboxylic acids is 1. The molecule has 1 amide bonds. The molecule has 7 heteroatoms. The third-order valence-corrected chi connectivity index (χ3v) is 2.89. The topological polar surface area (TPSA) is 101 Å². The number of rotatable bonds is 2. The van der Waals surface area contributed by atoms with Crippen molar-refractivity contribution >= 4 is 33.2 Å². The van der Waals surface area contributed by atoms with Gasteiger partial charge in [0.15, 0.2) is 0 Å². The van der Waals surface area contributed by atoms with Crippen molar-refractivity contribution in [3.05, 3.63) is 50.9 Å². The van der Waals surface area contributed by atoms with Crippen LogP contribution in [0.15, 0.2) is 39.6 Å². The van der Waals surface area contributed by atoms with Gasteiger partial charge in [-0.05, 0) is 40.2 Å². The molecule has 0 bridgehead atoms. The van der Waals surface area contributed by atoms with Crippen LogP contribution in [-0.4, -0.2) is 16.1 Å². The first-order chi connectivity index (χ1) is 8.56. The maximum Gasteiger partial charge on any atom is 0.276 e. The maximum absolute atomic E-state index is 11.8. The fraction of sp³-hybridized carbons (Fsp3) is 0. The second kappa shape index (κ2) is 5.01. The Hall–Kier alpha value is -2.15. The Morgan fingerprint density at radius 2 is 2.11 bits per heavy atom. The number of anilines is 2. The SMILES string of the molecule is Nc1cc(NC(=O)c2ccc(=O)[nH]n2)ccc1Br. The third kappa shape index (κ3) is 2.75. The Balaban J connectivity index is 2.18. The Morgan fingerprint density at radius 1 is 1.33 bits per heavy atom. The van der Waals surface area contributed by atoms with Crippen molar-refractivity contribution in [1.82, 2.24) is 10.2 Å². The molecular weight excluding hydrogens is 300 g/mol. The van der Waals surface area contributed by atoms with E-state index < -0.39 is 5.91 Å². The van der Waals surface area contributed by atoms with E-state index >= 15 is 0 Å². The van der Waals surface area contributed by atoms with Crippen LogP contribution in [0.5, 0.6) is 0 Å². The van der Waals surface area contributed by atoms with E-state index in [0.717, 1.165) is 4.47 Å². The number of aromatic amines is 1. The Morgan fingerprint density at radius 3 is 2.72 bits per heavy atom. The monoisotopic (exact) mass is 308 g/mol. The van der Waals surface area contributed by atoms with Gasteiger partial charge in [0.05, 0.1) is 0 Å². The summed E-state index contributed by atoms with van der Waals surface area (Å²) in [4.78, 5) is 22.6. The number of amides is 1. The fourth-order valence-electron chi connectivity index (χ4n) is 1.29. The molecule has 2 aromatic rings. The minimum atomic E-state index is -0.423. The van der Waals surface area contributed by atoms with E-state index in [1.165, 1.54) is 12.1 Å². The predicted octanol–water partition coefficient (Wildman–Crippen LogP) is 1.37. The van der Waals surface area contributed by atoms with Gasteiger partial charge in [0, 0.05) is 21.9 Å². The van der Waals surface area contributed by atoms with Crippen LogP contribution in [0.2, 0.25) is 0 Å². The van der Waals surface area contributed by atoms with E-state index in [0.29, 0.717) is 11.4 Å². The highest BCUT2D eigenvalue weighted by atomic mass is 79.9. The Bertz CT molecular complexity index is 633. The van der Waals surface area contributed by atoms with Crippen molar-refractivity contribution in [3.8, 4) is 0 Å². The molecule has 92 valence electrons. The molecule has 0 aliphatic rings. The van der Waals surface area contributed by atoms with Gasteiger partial charge in [0.2, 0.25) is 0 Å². The number of halogens is 1.